The monoisotopic (exact) mass is 245 g/mol. The lowest BCUT2D eigenvalue weighted by Crippen LogP contribution is -2.32. The van der Waals surface area contributed by atoms with Gasteiger partial charge in [0, 0.05) is 5.69 Å². The molecule has 1 aromatic rings. The van der Waals surface area contributed by atoms with Gasteiger partial charge in [0.05, 0.1) is 6.61 Å². The van der Waals surface area contributed by atoms with E-state index in [-0.39, 0.29) is 12.3 Å². The Kier molecular flexibility index (Phi) is 2.84. The molecule has 8 heteroatoms. The second-order valence-corrected chi connectivity index (χ2v) is 3.53. The second-order valence-electron chi connectivity index (χ2n) is 3.53. The number of hydrogen-bond acceptors (Lipinski definition) is 3. The minimum absolute atomic E-state index is 0.0318. The normalized spacial score (nSPS) is 14.7. The maximum atomic E-state index is 12.0. The van der Waals surface area contributed by atoms with Crippen molar-refractivity contribution in [2.75, 3.05) is 5.32 Å². The van der Waals surface area contributed by atoms with Gasteiger partial charge in [-0.3, -0.25) is 4.79 Å². The first-order valence-corrected chi connectivity index (χ1v) is 4.68. The van der Waals surface area contributed by atoms with Crippen molar-refractivity contribution < 1.29 is 27.6 Å². The fraction of sp³-hybridized carbons (Fsp3) is 0.222. The molecule has 0 saturated carbocycles. The average molecular weight is 245 g/mol. The maximum Gasteiger partial charge on any atom is 0.491 e. The first-order valence-electron chi connectivity index (χ1n) is 4.68. The largest absolute Gasteiger partial charge is 0.491 e. The van der Waals surface area contributed by atoms with E-state index >= 15 is 0 Å². The molecule has 1 aliphatic rings. The number of hydrogen-bond donors (Lipinski definition) is 2. The van der Waals surface area contributed by atoms with E-state index < -0.39 is 19.2 Å². The zero-order valence-corrected chi connectivity index (χ0v) is 8.41. The highest BCUT2D eigenvalue weighted by Crippen LogP contribution is 2.19. The highest BCUT2D eigenvalue weighted by atomic mass is 19.4. The van der Waals surface area contributed by atoms with Crippen LogP contribution in [0.5, 0.6) is 0 Å². The Morgan fingerprint density at radius 2 is 2.18 bits per heavy atom. The Hall–Kier alpha value is -1.54. The van der Waals surface area contributed by atoms with Crippen LogP contribution in [0.4, 0.5) is 18.9 Å². The summed E-state index contributed by atoms with van der Waals surface area (Å²) >= 11 is 0. The van der Waals surface area contributed by atoms with Crippen LogP contribution in [0, 0.1) is 0 Å². The molecule has 2 rings (SSSR count). The summed E-state index contributed by atoms with van der Waals surface area (Å²) in [4.78, 5) is 10.7. The minimum atomic E-state index is -4.94. The predicted octanol–water partition coefficient (Wildman–Crippen LogP) is 0.405. The van der Waals surface area contributed by atoms with Crippen molar-refractivity contribution in [1.29, 1.82) is 0 Å². The van der Waals surface area contributed by atoms with Gasteiger partial charge in [0.1, 0.15) is 0 Å². The smallest absolute Gasteiger partial charge is 0.423 e. The van der Waals surface area contributed by atoms with Crippen LogP contribution in [0.25, 0.3) is 0 Å². The van der Waals surface area contributed by atoms with E-state index in [9.17, 15) is 23.0 Å². The van der Waals surface area contributed by atoms with Crippen LogP contribution in [0.1, 0.15) is 5.56 Å². The summed E-state index contributed by atoms with van der Waals surface area (Å²) in [6, 6.07) is 4.08. The van der Waals surface area contributed by atoms with Gasteiger partial charge in [-0.15, -0.1) is 0 Å². The fourth-order valence-corrected chi connectivity index (χ4v) is 1.49. The molecule has 0 spiro atoms. The highest BCUT2D eigenvalue weighted by molar-refractivity contribution is 6.61. The van der Waals surface area contributed by atoms with Gasteiger partial charge in [-0.25, -0.2) is 0 Å². The molecule has 1 aromatic carbocycles. The number of amides is 1. The van der Waals surface area contributed by atoms with Gasteiger partial charge in [0.25, 0.3) is 0 Å². The molecule has 0 radical (unpaired) electrons. The molecular formula is C9H7BF3NO3. The third kappa shape index (κ3) is 2.42. The van der Waals surface area contributed by atoms with Crippen LogP contribution < -0.4 is 10.8 Å². The molecule has 4 nitrogen and oxygen atoms in total. The molecule has 0 saturated heterocycles. The van der Waals surface area contributed by atoms with Gasteiger partial charge < -0.3 is 15.0 Å². The highest BCUT2D eigenvalue weighted by Gasteiger charge is 2.39. The third-order valence-corrected chi connectivity index (χ3v) is 2.32. The SMILES string of the molecule is O=C(Nc1ccc2c(c1)B(O)OC2)C(F)(F)F. The van der Waals surface area contributed by atoms with Crippen molar-refractivity contribution in [3.63, 3.8) is 0 Å². The zero-order valence-electron chi connectivity index (χ0n) is 8.41. The molecule has 90 valence electrons. The molecule has 0 unspecified atom stereocenters. The molecule has 2 N–H and O–H groups in total. The average Bonchev–Trinajstić information content (AvgIpc) is 2.59. The van der Waals surface area contributed by atoms with E-state index in [1.807, 2.05) is 0 Å². The van der Waals surface area contributed by atoms with E-state index in [0.717, 1.165) is 0 Å². The van der Waals surface area contributed by atoms with Gasteiger partial charge in [0.15, 0.2) is 0 Å². The number of rotatable bonds is 1. The topological polar surface area (TPSA) is 58.6 Å². The maximum absolute atomic E-state index is 12.0. The number of anilines is 1. The summed E-state index contributed by atoms with van der Waals surface area (Å²) in [5, 5.41) is 11.0. The molecule has 0 fully saturated rings. The van der Waals surface area contributed by atoms with Crippen LogP contribution in [0.3, 0.4) is 0 Å². The Balaban J connectivity index is 2.19. The number of carbonyl (C=O) groups is 1. The molecule has 0 aliphatic carbocycles. The summed E-state index contributed by atoms with van der Waals surface area (Å²) < 4.78 is 40.9. The molecule has 1 amide bonds. The molecule has 0 bridgehead atoms. The van der Waals surface area contributed by atoms with Gasteiger partial charge >= 0.3 is 19.2 Å². The van der Waals surface area contributed by atoms with Crippen LogP contribution in [0.2, 0.25) is 0 Å². The lowest BCUT2D eigenvalue weighted by atomic mass is 9.79. The van der Waals surface area contributed by atoms with Gasteiger partial charge in [-0.05, 0) is 23.2 Å². The molecule has 0 atom stereocenters. The Labute approximate surface area is 94.5 Å². The summed E-state index contributed by atoms with van der Waals surface area (Å²) in [6.45, 7) is 0.198. The summed E-state index contributed by atoms with van der Waals surface area (Å²) in [5.74, 6) is -2.05. The lowest BCUT2D eigenvalue weighted by molar-refractivity contribution is -0.167. The number of carbonyl (C=O) groups excluding carboxylic acids is 1. The van der Waals surface area contributed by atoms with Crippen LogP contribution in [-0.4, -0.2) is 24.2 Å². The fourth-order valence-electron chi connectivity index (χ4n) is 1.49. The first-order chi connectivity index (χ1) is 7.88. The molecule has 17 heavy (non-hydrogen) atoms. The Morgan fingerprint density at radius 1 is 1.47 bits per heavy atom. The van der Waals surface area contributed by atoms with Gasteiger partial charge in [-0.1, -0.05) is 6.07 Å². The predicted molar refractivity (Wildman–Crippen MR) is 53.5 cm³/mol. The number of halogens is 3. The standard InChI is InChI=1S/C9H7BF3NO3/c11-9(12,13)8(15)14-6-2-1-5-4-17-10(16)7(5)3-6/h1-3,16H,4H2,(H,14,15). The van der Waals surface area contributed by atoms with E-state index in [4.69, 9.17) is 4.65 Å². The van der Waals surface area contributed by atoms with Crippen molar-refractivity contribution in [3.8, 4) is 0 Å². The van der Waals surface area contributed by atoms with E-state index in [2.05, 4.69) is 0 Å². The van der Waals surface area contributed by atoms with E-state index in [1.54, 1.807) is 5.32 Å². The zero-order chi connectivity index (χ0) is 12.6. The number of alkyl halides is 3. The van der Waals surface area contributed by atoms with Gasteiger partial charge in [-0.2, -0.15) is 13.2 Å². The van der Waals surface area contributed by atoms with Crippen molar-refractivity contribution >= 4 is 24.2 Å². The number of benzene rings is 1. The lowest BCUT2D eigenvalue weighted by Gasteiger charge is -2.09. The number of fused-ring (bicyclic) bond motifs is 1. The summed E-state index contributed by atoms with van der Waals surface area (Å²) in [7, 11) is -1.16. The van der Waals surface area contributed by atoms with Crippen molar-refractivity contribution in [1.82, 2.24) is 0 Å². The summed E-state index contributed by atoms with van der Waals surface area (Å²) in [6.07, 6.45) is -4.94. The van der Waals surface area contributed by atoms with Crippen molar-refractivity contribution in [2.45, 2.75) is 12.8 Å². The number of nitrogens with one attached hydrogen (secondary N) is 1. The summed E-state index contributed by atoms with van der Waals surface area (Å²) in [5.41, 5.74) is 1.02. The van der Waals surface area contributed by atoms with E-state index in [0.29, 0.717) is 11.0 Å². The molecule has 1 aliphatic heterocycles. The molecular weight excluding hydrogens is 238 g/mol. The Morgan fingerprint density at radius 3 is 2.82 bits per heavy atom. The van der Waals surface area contributed by atoms with Crippen LogP contribution in [0.15, 0.2) is 18.2 Å². The van der Waals surface area contributed by atoms with Crippen molar-refractivity contribution in [3.05, 3.63) is 23.8 Å². The van der Waals surface area contributed by atoms with Crippen molar-refractivity contribution in [2.24, 2.45) is 0 Å². The Bertz CT molecular complexity index is 463. The van der Waals surface area contributed by atoms with E-state index in [1.165, 1.54) is 18.2 Å². The van der Waals surface area contributed by atoms with Crippen LogP contribution >= 0.6 is 0 Å². The second kappa shape index (κ2) is 4.04. The first kappa shape index (κ1) is 11.9. The minimum Gasteiger partial charge on any atom is -0.423 e. The quantitative estimate of drug-likeness (QED) is 0.704. The molecule has 1 heterocycles. The third-order valence-electron chi connectivity index (χ3n) is 2.32. The van der Waals surface area contributed by atoms with Crippen LogP contribution in [-0.2, 0) is 16.1 Å². The van der Waals surface area contributed by atoms with Gasteiger partial charge in [0.2, 0.25) is 0 Å². The molecule has 0 aromatic heterocycles.